The van der Waals surface area contributed by atoms with Gasteiger partial charge in [0.15, 0.2) is 0 Å². The van der Waals surface area contributed by atoms with E-state index in [4.69, 9.17) is 18.3 Å². The Morgan fingerprint density at radius 2 is 1.14 bits per heavy atom. The van der Waals surface area contributed by atoms with Crippen LogP contribution in [0.3, 0.4) is 0 Å². The van der Waals surface area contributed by atoms with E-state index in [1.54, 1.807) is 36.4 Å². The van der Waals surface area contributed by atoms with E-state index in [9.17, 15) is 9.59 Å². The summed E-state index contributed by atoms with van der Waals surface area (Å²) >= 11 is 0. The molecule has 0 unspecified atom stereocenters. The molecule has 2 heterocycles. The number of carbonyl (C=O) groups excluding carboxylic acids is 2. The Kier molecular flexibility index (Phi) is 6.62. The van der Waals surface area contributed by atoms with E-state index in [2.05, 4.69) is 0 Å². The summed E-state index contributed by atoms with van der Waals surface area (Å²) in [4.78, 5) is 23.4. The van der Waals surface area contributed by atoms with Crippen molar-refractivity contribution in [3.8, 4) is 0 Å². The molecule has 6 nitrogen and oxygen atoms in total. The second kappa shape index (κ2) is 9.78. The predicted molar refractivity (Wildman–Crippen MR) is 102 cm³/mol. The van der Waals surface area contributed by atoms with E-state index in [0.717, 1.165) is 11.1 Å². The van der Waals surface area contributed by atoms with E-state index in [1.807, 2.05) is 24.3 Å². The van der Waals surface area contributed by atoms with Gasteiger partial charge in [0.05, 0.1) is 12.5 Å². The Labute approximate surface area is 161 Å². The monoisotopic (exact) mass is 378 g/mol. The lowest BCUT2D eigenvalue weighted by molar-refractivity contribution is -0.139. The Hall–Kier alpha value is -3.80. The van der Waals surface area contributed by atoms with Gasteiger partial charge >= 0.3 is 11.9 Å². The summed E-state index contributed by atoms with van der Waals surface area (Å²) in [7, 11) is 0. The number of esters is 2. The molecule has 0 radical (unpaired) electrons. The maximum Gasteiger partial charge on any atom is 0.331 e. The van der Waals surface area contributed by atoms with E-state index >= 15 is 0 Å². The van der Waals surface area contributed by atoms with Crippen molar-refractivity contribution >= 4 is 24.1 Å². The average molecular weight is 378 g/mol. The molecule has 1 aromatic carbocycles. The lowest BCUT2D eigenvalue weighted by Gasteiger charge is -2.05. The Balaban J connectivity index is 1.40. The highest BCUT2D eigenvalue weighted by atomic mass is 16.5. The molecule has 0 saturated heterocycles. The van der Waals surface area contributed by atoms with Crippen LogP contribution >= 0.6 is 0 Å². The number of hydrogen-bond acceptors (Lipinski definition) is 6. The van der Waals surface area contributed by atoms with Crippen molar-refractivity contribution in [2.24, 2.45) is 0 Å². The number of benzene rings is 1. The summed E-state index contributed by atoms with van der Waals surface area (Å²) in [5, 5.41) is 0. The molecule has 0 saturated carbocycles. The van der Waals surface area contributed by atoms with Gasteiger partial charge in [-0.25, -0.2) is 9.59 Å². The van der Waals surface area contributed by atoms with Gasteiger partial charge in [-0.2, -0.15) is 0 Å². The topological polar surface area (TPSA) is 78.9 Å². The highest BCUT2D eigenvalue weighted by molar-refractivity contribution is 5.87. The van der Waals surface area contributed by atoms with Gasteiger partial charge in [0.25, 0.3) is 0 Å². The summed E-state index contributed by atoms with van der Waals surface area (Å²) in [6.07, 6.45) is 8.75. The van der Waals surface area contributed by atoms with Crippen molar-refractivity contribution in [3.05, 3.63) is 95.9 Å². The van der Waals surface area contributed by atoms with Gasteiger partial charge < -0.3 is 18.3 Å². The average Bonchev–Trinajstić information content (AvgIpc) is 3.42. The van der Waals surface area contributed by atoms with Gasteiger partial charge in [-0.1, -0.05) is 24.3 Å². The largest absolute Gasteiger partial charge is 0.465 e. The fraction of sp³-hybridized carbons (Fsp3) is 0.0909. The minimum absolute atomic E-state index is 0.146. The van der Waals surface area contributed by atoms with Crippen LogP contribution in [-0.2, 0) is 32.3 Å². The molecular weight excluding hydrogens is 360 g/mol. The maximum absolute atomic E-state index is 11.7. The maximum atomic E-state index is 11.7. The summed E-state index contributed by atoms with van der Waals surface area (Å²) in [6, 6.07) is 14.2. The summed E-state index contributed by atoms with van der Waals surface area (Å²) in [5.41, 5.74) is 1.65. The van der Waals surface area contributed by atoms with Crippen LogP contribution in [0.2, 0.25) is 0 Å². The third-order valence-electron chi connectivity index (χ3n) is 3.64. The van der Waals surface area contributed by atoms with E-state index < -0.39 is 11.9 Å². The zero-order valence-electron chi connectivity index (χ0n) is 14.9. The normalized spacial score (nSPS) is 11.1. The second-order valence-electron chi connectivity index (χ2n) is 5.73. The second-order valence-corrected chi connectivity index (χ2v) is 5.73. The molecule has 0 aliphatic carbocycles. The van der Waals surface area contributed by atoms with Crippen LogP contribution in [0.5, 0.6) is 0 Å². The van der Waals surface area contributed by atoms with Crippen LogP contribution in [0.15, 0.2) is 82.0 Å². The summed E-state index contributed by atoms with van der Waals surface area (Å²) in [6.45, 7) is 0.292. The van der Waals surface area contributed by atoms with Gasteiger partial charge in [0.2, 0.25) is 0 Å². The van der Waals surface area contributed by atoms with Crippen molar-refractivity contribution in [2.75, 3.05) is 0 Å². The molecule has 0 atom stereocenters. The van der Waals surface area contributed by atoms with Crippen molar-refractivity contribution in [1.29, 1.82) is 0 Å². The van der Waals surface area contributed by atoms with Crippen molar-refractivity contribution in [2.45, 2.75) is 13.2 Å². The zero-order chi connectivity index (χ0) is 19.6. The van der Waals surface area contributed by atoms with Crippen molar-refractivity contribution in [3.63, 3.8) is 0 Å². The first-order valence-corrected chi connectivity index (χ1v) is 8.53. The highest BCUT2D eigenvalue weighted by Gasteiger charge is 2.02. The van der Waals surface area contributed by atoms with Crippen LogP contribution in [0.4, 0.5) is 0 Å². The summed E-state index contributed by atoms with van der Waals surface area (Å²) < 4.78 is 20.5. The van der Waals surface area contributed by atoms with Crippen LogP contribution in [0.1, 0.15) is 22.6 Å². The molecule has 0 amide bonds. The fourth-order valence-corrected chi connectivity index (χ4v) is 2.21. The SMILES string of the molecule is O=C(C=Cc1ccco1)OCc1ccc(COC(=O)C=Cc2ccco2)cc1. The number of hydrogen-bond donors (Lipinski definition) is 0. The van der Waals surface area contributed by atoms with Crippen LogP contribution in [0.25, 0.3) is 12.2 Å². The van der Waals surface area contributed by atoms with E-state index in [0.29, 0.717) is 11.5 Å². The van der Waals surface area contributed by atoms with Gasteiger partial charge in [-0.05, 0) is 47.5 Å². The molecule has 0 aliphatic rings. The predicted octanol–water partition coefficient (Wildman–Crippen LogP) is 4.39. The minimum atomic E-state index is -0.460. The number of furan rings is 2. The zero-order valence-corrected chi connectivity index (χ0v) is 14.9. The minimum Gasteiger partial charge on any atom is -0.465 e. The van der Waals surface area contributed by atoms with Gasteiger partial charge in [0.1, 0.15) is 24.7 Å². The first-order chi connectivity index (χ1) is 13.7. The lowest BCUT2D eigenvalue weighted by Crippen LogP contribution is -2.02. The van der Waals surface area contributed by atoms with Crippen LogP contribution in [-0.4, -0.2) is 11.9 Å². The van der Waals surface area contributed by atoms with Crippen molar-refractivity contribution < 1.29 is 27.9 Å². The van der Waals surface area contributed by atoms with Gasteiger partial charge in [-0.15, -0.1) is 0 Å². The van der Waals surface area contributed by atoms with Crippen LogP contribution < -0.4 is 0 Å². The Morgan fingerprint density at radius 3 is 1.50 bits per heavy atom. The lowest BCUT2D eigenvalue weighted by atomic mass is 10.1. The first kappa shape index (κ1) is 19.0. The number of ether oxygens (including phenoxy) is 2. The standard InChI is InChI=1S/C22H18O6/c23-21(11-9-19-3-1-13-25-19)27-15-17-5-7-18(8-6-17)16-28-22(24)12-10-20-4-2-14-26-20/h1-14H,15-16H2. The van der Waals surface area contributed by atoms with E-state index in [1.165, 1.54) is 24.7 Å². The molecule has 142 valence electrons. The molecule has 2 aromatic heterocycles. The molecular formula is C22H18O6. The van der Waals surface area contributed by atoms with Crippen LogP contribution in [0, 0.1) is 0 Å². The Morgan fingerprint density at radius 1 is 0.714 bits per heavy atom. The molecule has 3 aromatic rings. The van der Waals surface area contributed by atoms with E-state index in [-0.39, 0.29) is 13.2 Å². The summed E-state index contributed by atoms with van der Waals surface area (Å²) in [5.74, 6) is 0.236. The quantitative estimate of drug-likeness (QED) is 0.427. The molecule has 28 heavy (non-hydrogen) atoms. The molecule has 0 aliphatic heterocycles. The number of rotatable bonds is 8. The van der Waals surface area contributed by atoms with Crippen molar-refractivity contribution in [1.82, 2.24) is 0 Å². The molecule has 0 fully saturated rings. The fourth-order valence-electron chi connectivity index (χ4n) is 2.21. The molecule has 0 spiro atoms. The van der Waals surface area contributed by atoms with Gasteiger partial charge in [0, 0.05) is 12.2 Å². The molecule has 6 heteroatoms. The molecule has 3 rings (SSSR count). The first-order valence-electron chi connectivity index (χ1n) is 8.53. The third-order valence-corrected chi connectivity index (χ3v) is 3.64. The highest BCUT2D eigenvalue weighted by Crippen LogP contribution is 2.09. The third kappa shape index (κ3) is 6.17. The number of carbonyl (C=O) groups is 2. The smallest absolute Gasteiger partial charge is 0.331 e. The molecule has 0 bridgehead atoms. The molecule has 0 N–H and O–H groups in total. The van der Waals surface area contributed by atoms with Gasteiger partial charge in [-0.3, -0.25) is 0 Å². The Bertz CT molecular complexity index is 852.